The van der Waals surface area contributed by atoms with E-state index in [2.05, 4.69) is 5.32 Å². The minimum Gasteiger partial charge on any atom is -0.462 e. The average Bonchev–Trinajstić information content (AvgIpc) is 3.39. The lowest BCUT2D eigenvalue weighted by atomic mass is 10.0. The van der Waals surface area contributed by atoms with Crippen LogP contribution in [0.3, 0.4) is 0 Å². The number of thiophene rings is 1. The summed E-state index contributed by atoms with van der Waals surface area (Å²) < 4.78 is 5.28. The Hall–Kier alpha value is -3.78. The lowest BCUT2D eigenvalue weighted by Gasteiger charge is -2.26. The van der Waals surface area contributed by atoms with Crippen molar-refractivity contribution >= 4 is 40.0 Å². The van der Waals surface area contributed by atoms with Crippen LogP contribution in [-0.4, -0.2) is 41.2 Å². The number of hydrogen-bond donors (Lipinski definition) is 1. The quantitative estimate of drug-likeness (QED) is 0.301. The number of esters is 1. The highest BCUT2D eigenvalue weighted by Crippen LogP contribution is 2.37. The lowest BCUT2D eigenvalue weighted by Crippen LogP contribution is -2.47. The molecule has 1 aliphatic rings. The van der Waals surface area contributed by atoms with Crippen LogP contribution in [0.5, 0.6) is 0 Å². The van der Waals surface area contributed by atoms with Gasteiger partial charge in [0.05, 0.1) is 17.7 Å². The molecule has 3 amide bonds. The van der Waals surface area contributed by atoms with Gasteiger partial charge in [-0.1, -0.05) is 56.3 Å². The van der Waals surface area contributed by atoms with E-state index in [1.54, 1.807) is 36.6 Å². The van der Waals surface area contributed by atoms with Crippen LogP contribution >= 0.6 is 11.3 Å². The van der Waals surface area contributed by atoms with Crippen LogP contribution in [0, 0.1) is 5.92 Å². The van der Waals surface area contributed by atoms with Crippen molar-refractivity contribution in [2.24, 2.45) is 5.92 Å². The Morgan fingerprint density at radius 1 is 0.917 bits per heavy atom. The molecule has 7 nitrogen and oxygen atoms in total. The number of nitrogens with one attached hydrogen (secondary N) is 1. The van der Waals surface area contributed by atoms with E-state index in [0.717, 1.165) is 10.5 Å². The van der Waals surface area contributed by atoms with Crippen molar-refractivity contribution in [3.8, 4) is 11.1 Å². The van der Waals surface area contributed by atoms with Crippen LogP contribution in [-0.2, 0) is 9.53 Å². The zero-order valence-corrected chi connectivity index (χ0v) is 21.3. The first-order chi connectivity index (χ1) is 17.3. The zero-order valence-electron chi connectivity index (χ0n) is 20.4. The minimum atomic E-state index is -1.02. The number of carbonyl (C=O) groups excluding carboxylic acids is 4. The highest BCUT2D eigenvalue weighted by molar-refractivity contribution is 7.15. The number of benzene rings is 2. The van der Waals surface area contributed by atoms with Gasteiger partial charge in [0.1, 0.15) is 16.6 Å². The third-order valence-electron chi connectivity index (χ3n) is 6.05. The van der Waals surface area contributed by atoms with Gasteiger partial charge >= 0.3 is 5.97 Å². The predicted octanol–water partition coefficient (Wildman–Crippen LogP) is 5.63. The molecule has 0 spiro atoms. The van der Waals surface area contributed by atoms with Gasteiger partial charge in [0.2, 0.25) is 5.91 Å². The largest absolute Gasteiger partial charge is 0.462 e. The van der Waals surface area contributed by atoms with Crippen molar-refractivity contribution in [2.75, 3.05) is 11.9 Å². The summed E-state index contributed by atoms with van der Waals surface area (Å²) in [5.74, 6) is -1.77. The Kier molecular flexibility index (Phi) is 7.64. The molecular weight excluding hydrogens is 476 g/mol. The van der Waals surface area contributed by atoms with Crippen molar-refractivity contribution in [1.82, 2.24) is 4.90 Å². The van der Waals surface area contributed by atoms with Gasteiger partial charge in [-0.05, 0) is 43.4 Å². The maximum atomic E-state index is 13.6. The summed E-state index contributed by atoms with van der Waals surface area (Å²) in [5.41, 5.74) is 2.30. The maximum absolute atomic E-state index is 13.6. The fraction of sp³-hybridized carbons (Fsp3) is 0.286. The number of imide groups is 1. The van der Waals surface area contributed by atoms with E-state index in [9.17, 15) is 19.2 Å². The summed E-state index contributed by atoms with van der Waals surface area (Å²) in [6.45, 7) is 5.93. The van der Waals surface area contributed by atoms with Crippen LogP contribution in [0.4, 0.5) is 5.00 Å². The second kappa shape index (κ2) is 10.9. The molecule has 0 saturated carbocycles. The monoisotopic (exact) mass is 504 g/mol. The molecule has 3 aromatic rings. The summed E-state index contributed by atoms with van der Waals surface area (Å²) in [7, 11) is 0. The first-order valence-corrected chi connectivity index (χ1v) is 12.8. The minimum absolute atomic E-state index is 0.183. The molecule has 4 rings (SSSR count). The molecule has 0 radical (unpaired) electrons. The highest BCUT2D eigenvalue weighted by atomic mass is 32.1. The van der Waals surface area contributed by atoms with E-state index >= 15 is 0 Å². The SMILES string of the molecule is CCOC(=O)c1c(-c2ccccc2)csc1NC(=O)C(CCC(C)C)N1C(=O)c2ccccc2C1=O. The Morgan fingerprint density at radius 2 is 1.53 bits per heavy atom. The lowest BCUT2D eigenvalue weighted by molar-refractivity contribution is -0.120. The fourth-order valence-corrected chi connectivity index (χ4v) is 5.20. The van der Waals surface area contributed by atoms with E-state index in [4.69, 9.17) is 4.74 Å². The zero-order chi connectivity index (χ0) is 25.8. The molecule has 0 bridgehead atoms. The summed E-state index contributed by atoms with van der Waals surface area (Å²) in [6.07, 6.45) is 0.941. The smallest absolute Gasteiger partial charge is 0.341 e. The number of ether oxygens (including phenoxy) is 1. The van der Waals surface area contributed by atoms with Gasteiger partial charge < -0.3 is 10.1 Å². The van der Waals surface area contributed by atoms with Crippen LogP contribution in [0.25, 0.3) is 11.1 Å². The third-order valence-corrected chi connectivity index (χ3v) is 6.94. The molecule has 36 heavy (non-hydrogen) atoms. The van der Waals surface area contributed by atoms with E-state index in [0.29, 0.717) is 34.5 Å². The molecule has 2 aromatic carbocycles. The normalized spacial score (nSPS) is 13.6. The Labute approximate surface area is 214 Å². The molecule has 1 atom stereocenters. The summed E-state index contributed by atoms with van der Waals surface area (Å²) in [6, 6.07) is 14.9. The van der Waals surface area contributed by atoms with Gasteiger partial charge in [0, 0.05) is 10.9 Å². The fourth-order valence-electron chi connectivity index (χ4n) is 4.24. The van der Waals surface area contributed by atoms with Crippen molar-refractivity contribution in [2.45, 2.75) is 39.7 Å². The van der Waals surface area contributed by atoms with Crippen LogP contribution in [0.1, 0.15) is 64.7 Å². The topological polar surface area (TPSA) is 92.8 Å². The van der Waals surface area contributed by atoms with Gasteiger partial charge in [0.15, 0.2) is 0 Å². The number of carbonyl (C=O) groups is 4. The highest BCUT2D eigenvalue weighted by Gasteiger charge is 2.42. The van der Waals surface area contributed by atoms with E-state index in [-0.39, 0.29) is 18.1 Å². The van der Waals surface area contributed by atoms with Gasteiger partial charge in [-0.25, -0.2) is 4.79 Å². The number of anilines is 1. The van der Waals surface area contributed by atoms with Gasteiger partial charge in [-0.3, -0.25) is 19.3 Å². The number of nitrogens with zero attached hydrogens (tertiary/aromatic N) is 1. The number of fused-ring (bicyclic) bond motifs is 1. The molecule has 1 aromatic heterocycles. The molecule has 1 N–H and O–H groups in total. The van der Waals surface area contributed by atoms with Gasteiger partial charge in [0.25, 0.3) is 11.8 Å². The number of hydrogen-bond acceptors (Lipinski definition) is 6. The van der Waals surface area contributed by atoms with E-state index in [1.807, 2.05) is 44.2 Å². The first-order valence-electron chi connectivity index (χ1n) is 11.9. The molecule has 0 saturated heterocycles. The van der Waals surface area contributed by atoms with Gasteiger partial charge in [-0.2, -0.15) is 0 Å². The predicted molar refractivity (Wildman–Crippen MR) is 139 cm³/mol. The Bertz CT molecular complexity index is 1260. The third kappa shape index (κ3) is 4.95. The van der Waals surface area contributed by atoms with E-state index in [1.165, 1.54) is 11.3 Å². The first kappa shape index (κ1) is 25.3. The molecule has 1 aliphatic heterocycles. The molecule has 1 unspecified atom stereocenters. The standard InChI is InChI=1S/C28H28N2O5S/c1-4-35-28(34)23-21(18-10-6-5-7-11-18)16-36-25(23)29-24(31)22(15-14-17(2)3)30-26(32)19-12-8-9-13-20(19)27(30)33/h5-13,16-17,22H,4,14-15H2,1-3H3,(H,29,31). The molecule has 0 fully saturated rings. The summed E-state index contributed by atoms with van der Waals surface area (Å²) in [5, 5.41) is 4.96. The van der Waals surface area contributed by atoms with Crippen molar-refractivity contribution in [1.29, 1.82) is 0 Å². The second-order valence-electron chi connectivity index (χ2n) is 8.94. The molecule has 186 valence electrons. The van der Waals surface area contributed by atoms with Crippen LogP contribution < -0.4 is 5.32 Å². The summed E-state index contributed by atoms with van der Waals surface area (Å²) in [4.78, 5) is 53.9. The van der Waals surface area contributed by atoms with Gasteiger partial charge in [-0.15, -0.1) is 11.3 Å². The average molecular weight is 505 g/mol. The van der Waals surface area contributed by atoms with Crippen LogP contribution in [0.15, 0.2) is 60.0 Å². The van der Waals surface area contributed by atoms with Crippen molar-refractivity contribution in [3.63, 3.8) is 0 Å². The second-order valence-corrected chi connectivity index (χ2v) is 9.82. The maximum Gasteiger partial charge on any atom is 0.341 e. The molecule has 2 heterocycles. The van der Waals surface area contributed by atoms with Crippen LogP contribution in [0.2, 0.25) is 0 Å². The Balaban J connectivity index is 1.68. The van der Waals surface area contributed by atoms with Crippen molar-refractivity contribution < 1.29 is 23.9 Å². The van der Waals surface area contributed by atoms with E-state index < -0.39 is 29.7 Å². The summed E-state index contributed by atoms with van der Waals surface area (Å²) >= 11 is 1.21. The number of amides is 3. The Morgan fingerprint density at radius 3 is 2.11 bits per heavy atom. The number of rotatable bonds is 9. The molecule has 0 aliphatic carbocycles. The van der Waals surface area contributed by atoms with Crippen molar-refractivity contribution in [3.05, 3.63) is 76.7 Å². The molecule has 8 heteroatoms. The molecular formula is C28H28N2O5S.